The van der Waals surface area contributed by atoms with E-state index in [0.717, 1.165) is 36.1 Å². The monoisotopic (exact) mass is 491 g/mol. The van der Waals surface area contributed by atoms with Crippen LogP contribution in [0.15, 0.2) is 103 Å². The Morgan fingerprint density at radius 1 is 0.838 bits per heavy atom. The first-order valence-corrected chi connectivity index (χ1v) is 13.2. The Hall–Kier alpha value is -3.47. The van der Waals surface area contributed by atoms with E-state index in [1.165, 1.54) is 16.7 Å². The molecule has 0 aliphatic heterocycles. The number of aliphatic hydroxyl groups is 2. The Morgan fingerprint density at radius 2 is 1.57 bits per heavy atom. The standard InChI is InChI=1S/C33H33NO3/c35-31-22-32(20-24-7-3-1-4-8-24)28(21-33(31,36)27-9-5-2-6-10-27)12-11-26-19-29(13-14-30(26)32)37-23-25-15-17-34-18-16-25/h1-10,13-19,28,31,35-36H,11-12,20-23H2/t28-,31?,32?,33?/m1/s1. The third kappa shape index (κ3) is 4.45. The molecule has 0 spiro atoms. The van der Waals surface area contributed by atoms with Gasteiger partial charge in [0.1, 0.15) is 18.0 Å². The van der Waals surface area contributed by atoms with Gasteiger partial charge in [-0.05, 0) is 90.1 Å². The summed E-state index contributed by atoms with van der Waals surface area (Å²) in [5.74, 6) is 1.11. The SMILES string of the molecule is OC1CC2(Cc3ccccc3)c3ccc(OCc4ccncc4)cc3CC[C@@H]2CC1(O)c1ccccc1. The first-order chi connectivity index (χ1) is 18.1. The molecule has 4 atom stereocenters. The van der Waals surface area contributed by atoms with Gasteiger partial charge in [0.25, 0.3) is 0 Å². The zero-order valence-corrected chi connectivity index (χ0v) is 21.0. The van der Waals surface area contributed by atoms with E-state index in [1.807, 2.05) is 48.5 Å². The van der Waals surface area contributed by atoms with E-state index in [-0.39, 0.29) is 11.3 Å². The average molecular weight is 492 g/mol. The molecule has 1 saturated carbocycles. The largest absolute Gasteiger partial charge is 0.489 e. The fourth-order valence-electron chi connectivity index (χ4n) is 6.73. The minimum atomic E-state index is -1.24. The molecular formula is C33H33NO3. The summed E-state index contributed by atoms with van der Waals surface area (Å²) < 4.78 is 6.14. The maximum absolute atomic E-state index is 11.8. The topological polar surface area (TPSA) is 62.6 Å². The van der Waals surface area contributed by atoms with Crippen molar-refractivity contribution in [3.05, 3.63) is 131 Å². The molecule has 37 heavy (non-hydrogen) atoms. The predicted octanol–water partition coefficient (Wildman–Crippen LogP) is 5.75. The summed E-state index contributed by atoms with van der Waals surface area (Å²) in [6.45, 7) is 0.502. The van der Waals surface area contributed by atoms with E-state index in [4.69, 9.17) is 4.74 Å². The maximum atomic E-state index is 11.8. The normalized spacial score (nSPS) is 26.6. The van der Waals surface area contributed by atoms with Gasteiger partial charge in [-0.15, -0.1) is 0 Å². The number of aliphatic hydroxyl groups excluding tert-OH is 1. The van der Waals surface area contributed by atoms with Crippen molar-refractivity contribution in [1.82, 2.24) is 4.98 Å². The summed E-state index contributed by atoms with van der Waals surface area (Å²) in [4.78, 5) is 4.08. The van der Waals surface area contributed by atoms with Crippen LogP contribution < -0.4 is 4.74 Å². The van der Waals surface area contributed by atoms with Gasteiger partial charge in [-0.25, -0.2) is 0 Å². The van der Waals surface area contributed by atoms with Crippen molar-refractivity contribution in [2.45, 2.75) is 55.8 Å². The van der Waals surface area contributed by atoms with Crippen LogP contribution in [0.25, 0.3) is 0 Å². The van der Waals surface area contributed by atoms with Crippen LogP contribution in [0.2, 0.25) is 0 Å². The van der Waals surface area contributed by atoms with Gasteiger partial charge in [0.05, 0.1) is 6.10 Å². The van der Waals surface area contributed by atoms with Crippen molar-refractivity contribution < 1.29 is 14.9 Å². The third-order valence-corrected chi connectivity index (χ3v) is 8.61. The van der Waals surface area contributed by atoms with Gasteiger partial charge >= 0.3 is 0 Å². The number of benzene rings is 3. The maximum Gasteiger partial charge on any atom is 0.120 e. The van der Waals surface area contributed by atoms with E-state index < -0.39 is 11.7 Å². The van der Waals surface area contributed by atoms with Gasteiger partial charge in [0.15, 0.2) is 0 Å². The molecule has 4 aromatic rings. The lowest BCUT2D eigenvalue weighted by molar-refractivity contribution is -0.145. The van der Waals surface area contributed by atoms with Crippen molar-refractivity contribution in [3.8, 4) is 5.75 Å². The second kappa shape index (κ2) is 9.77. The van der Waals surface area contributed by atoms with Gasteiger partial charge in [-0.1, -0.05) is 66.7 Å². The Balaban J connectivity index is 1.36. The molecule has 0 amide bonds. The second-order valence-electron chi connectivity index (χ2n) is 10.7. The molecule has 4 nitrogen and oxygen atoms in total. The van der Waals surface area contributed by atoms with Gasteiger partial charge in [0.2, 0.25) is 0 Å². The highest BCUT2D eigenvalue weighted by Gasteiger charge is 2.56. The fraction of sp³-hybridized carbons (Fsp3) is 0.303. The lowest BCUT2D eigenvalue weighted by atomic mass is 9.51. The molecule has 1 fully saturated rings. The van der Waals surface area contributed by atoms with Crippen LogP contribution in [0.3, 0.4) is 0 Å². The van der Waals surface area contributed by atoms with E-state index in [2.05, 4.69) is 47.4 Å². The summed E-state index contributed by atoms with van der Waals surface area (Å²) in [6.07, 6.45) is 6.51. The molecule has 3 aromatic carbocycles. The summed E-state index contributed by atoms with van der Waals surface area (Å²) in [6, 6.07) is 30.7. The molecule has 2 aliphatic carbocycles. The highest BCUT2D eigenvalue weighted by Crippen LogP contribution is 2.56. The molecule has 0 saturated heterocycles. The molecule has 188 valence electrons. The second-order valence-corrected chi connectivity index (χ2v) is 10.7. The number of nitrogens with zero attached hydrogens (tertiary/aromatic N) is 1. The van der Waals surface area contributed by atoms with Crippen molar-refractivity contribution in [3.63, 3.8) is 0 Å². The molecular weight excluding hydrogens is 458 g/mol. The van der Waals surface area contributed by atoms with Gasteiger partial charge in [0, 0.05) is 17.8 Å². The van der Waals surface area contributed by atoms with E-state index in [0.29, 0.717) is 19.4 Å². The van der Waals surface area contributed by atoms with Crippen molar-refractivity contribution in [1.29, 1.82) is 0 Å². The van der Waals surface area contributed by atoms with Gasteiger partial charge in [-0.2, -0.15) is 0 Å². The Kier molecular flexibility index (Phi) is 6.31. The van der Waals surface area contributed by atoms with E-state index in [1.54, 1.807) is 12.4 Å². The molecule has 3 unspecified atom stereocenters. The first kappa shape index (κ1) is 23.9. The Morgan fingerprint density at radius 3 is 2.32 bits per heavy atom. The van der Waals surface area contributed by atoms with Gasteiger partial charge < -0.3 is 14.9 Å². The van der Waals surface area contributed by atoms with Crippen LogP contribution in [0.5, 0.6) is 5.75 Å². The molecule has 1 heterocycles. The smallest absolute Gasteiger partial charge is 0.120 e. The van der Waals surface area contributed by atoms with Crippen LogP contribution >= 0.6 is 0 Å². The summed E-state index contributed by atoms with van der Waals surface area (Å²) in [5, 5.41) is 23.4. The number of aryl methyl sites for hydroxylation is 1. The number of hydrogen-bond donors (Lipinski definition) is 2. The summed E-state index contributed by atoms with van der Waals surface area (Å²) in [5.41, 5.74) is 4.24. The number of pyridine rings is 1. The highest BCUT2D eigenvalue weighted by molar-refractivity contribution is 5.46. The molecule has 0 radical (unpaired) electrons. The molecule has 6 rings (SSSR count). The lowest BCUT2D eigenvalue weighted by Crippen LogP contribution is -2.57. The van der Waals surface area contributed by atoms with Crippen molar-refractivity contribution >= 4 is 0 Å². The first-order valence-electron chi connectivity index (χ1n) is 13.2. The minimum Gasteiger partial charge on any atom is -0.489 e. The Bertz CT molecular complexity index is 1340. The summed E-state index contributed by atoms with van der Waals surface area (Å²) >= 11 is 0. The van der Waals surface area contributed by atoms with Crippen LogP contribution in [0.4, 0.5) is 0 Å². The number of rotatable bonds is 6. The van der Waals surface area contributed by atoms with Crippen LogP contribution in [0, 0.1) is 5.92 Å². The highest BCUT2D eigenvalue weighted by atomic mass is 16.5. The lowest BCUT2D eigenvalue weighted by Gasteiger charge is -2.55. The Labute approximate surface area is 218 Å². The predicted molar refractivity (Wildman–Crippen MR) is 144 cm³/mol. The average Bonchev–Trinajstić information content (AvgIpc) is 2.94. The van der Waals surface area contributed by atoms with Gasteiger partial charge in [-0.3, -0.25) is 4.98 Å². The minimum absolute atomic E-state index is 0.248. The van der Waals surface area contributed by atoms with Crippen LogP contribution in [0.1, 0.15) is 47.1 Å². The van der Waals surface area contributed by atoms with Crippen molar-refractivity contribution in [2.75, 3.05) is 0 Å². The van der Waals surface area contributed by atoms with E-state index >= 15 is 0 Å². The van der Waals surface area contributed by atoms with E-state index in [9.17, 15) is 10.2 Å². The zero-order valence-electron chi connectivity index (χ0n) is 21.0. The number of ether oxygens (including phenoxy) is 1. The number of aromatic nitrogens is 1. The van der Waals surface area contributed by atoms with Crippen LogP contribution in [-0.4, -0.2) is 21.3 Å². The van der Waals surface area contributed by atoms with Crippen LogP contribution in [-0.2, 0) is 30.5 Å². The summed E-state index contributed by atoms with van der Waals surface area (Å²) in [7, 11) is 0. The zero-order chi connectivity index (χ0) is 25.3. The number of fused-ring (bicyclic) bond motifs is 3. The van der Waals surface area contributed by atoms with Crippen molar-refractivity contribution in [2.24, 2.45) is 5.92 Å². The molecule has 2 aliphatic rings. The third-order valence-electron chi connectivity index (χ3n) is 8.61. The molecule has 0 bridgehead atoms. The molecule has 2 N–H and O–H groups in total. The molecule has 4 heteroatoms. The molecule has 1 aromatic heterocycles. The quantitative estimate of drug-likeness (QED) is 0.361. The fourth-order valence-corrected chi connectivity index (χ4v) is 6.73. The number of hydrogen-bond acceptors (Lipinski definition) is 4.